The lowest BCUT2D eigenvalue weighted by Gasteiger charge is -2.23. The van der Waals surface area contributed by atoms with Crippen LogP contribution in [0.4, 0.5) is 5.69 Å². The van der Waals surface area contributed by atoms with Crippen LogP contribution in [0.3, 0.4) is 0 Å². The van der Waals surface area contributed by atoms with Crippen LogP contribution in [-0.4, -0.2) is 17.6 Å². The highest BCUT2D eigenvalue weighted by atomic mass is 16.3. The minimum atomic E-state index is -0.264. The molecule has 1 atom stereocenters. The van der Waals surface area contributed by atoms with Crippen LogP contribution in [0, 0.1) is 0 Å². The predicted octanol–water partition coefficient (Wildman–Crippen LogP) is 2.01. The van der Waals surface area contributed by atoms with E-state index in [2.05, 4.69) is 5.32 Å². The molecule has 0 aromatic heterocycles. The SMILES string of the molecule is CC1C(=O)Nc2ccc(C(C)(C)CO)cc21. The molecule has 1 aliphatic rings. The van der Waals surface area contributed by atoms with Crippen LogP contribution in [0.25, 0.3) is 0 Å². The molecule has 3 nitrogen and oxygen atoms in total. The van der Waals surface area contributed by atoms with Crippen molar-refractivity contribution in [3.8, 4) is 0 Å². The zero-order valence-corrected chi connectivity index (χ0v) is 9.87. The summed E-state index contributed by atoms with van der Waals surface area (Å²) in [5.74, 6) is -0.0432. The number of aliphatic hydroxyl groups excluding tert-OH is 1. The van der Waals surface area contributed by atoms with Gasteiger partial charge in [-0.3, -0.25) is 4.79 Å². The van der Waals surface area contributed by atoms with Gasteiger partial charge in [-0.05, 0) is 24.1 Å². The first-order valence-corrected chi connectivity index (χ1v) is 5.52. The Bertz CT molecular complexity index is 438. The number of fused-ring (bicyclic) bond motifs is 1. The fourth-order valence-electron chi connectivity index (χ4n) is 1.93. The summed E-state index contributed by atoms with van der Waals surface area (Å²) in [5.41, 5.74) is 2.73. The zero-order chi connectivity index (χ0) is 11.9. The van der Waals surface area contributed by atoms with Gasteiger partial charge in [-0.1, -0.05) is 26.0 Å². The molecule has 1 amide bonds. The fourth-order valence-corrected chi connectivity index (χ4v) is 1.93. The summed E-state index contributed by atoms with van der Waals surface area (Å²) in [6.45, 7) is 5.98. The van der Waals surface area contributed by atoms with Crippen LogP contribution in [0.2, 0.25) is 0 Å². The highest BCUT2D eigenvalue weighted by Gasteiger charge is 2.28. The first-order valence-electron chi connectivity index (χ1n) is 5.52. The first kappa shape index (κ1) is 11.1. The summed E-state index contributed by atoms with van der Waals surface area (Å²) in [7, 11) is 0. The Morgan fingerprint density at radius 1 is 1.44 bits per heavy atom. The standard InChI is InChI=1S/C13H17NO2/c1-8-10-6-9(13(2,3)7-15)4-5-11(10)14-12(8)16/h4-6,8,15H,7H2,1-3H3,(H,14,16). The molecule has 0 fully saturated rings. The van der Waals surface area contributed by atoms with Crippen molar-refractivity contribution in [2.24, 2.45) is 0 Å². The lowest BCUT2D eigenvalue weighted by Crippen LogP contribution is -2.22. The van der Waals surface area contributed by atoms with Crippen LogP contribution in [0.1, 0.15) is 37.8 Å². The highest BCUT2D eigenvalue weighted by molar-refractivity contribution is 6.02. The van der Waals surface area contributed by atoms with Crippen molar-refractivity contribution in [2.75, 3.05) is 11.9 Å². The second kappa shape index (κ2) is 3.59. The van der Waals surface area contributed by atoms with E-state index in [4.69, 9.17) is 0 Å². The molecule has 3 heteroatoms. The Morgan fingerprint density at radius 2 is 2.12 bits per heavy atom. The minimum absolute atomic E-state index is 0.0500. The topological polar surface area (TPSA) is 49.3 Å². The van der Waals surface area contributed by atoms with E-state index >= 15 is 0 Å². The summed E-state index contributed by atoms with van der Waals surface area (Å²) in [6.07, 6.45) is 0. The molecule has 0 saturated carbocycles. The number of carbonyl (C=O) groups excluding carboxylic acids is 1. The lowest BCUT2D eigenvalue weighted by molar-refractivity contribution is -0.116. The second-order valence-electron chi connectivity index (χ2n) is 5.05. The van der Waals surface area contributed by atoms with Gasteiger partial charge in [-0.2, -0.15) is 0 Å². The maximum absolute atomic E-state index is 11.5. The quantitative estimate of drug-likeness (QED) is 0.799. The molecule has 0 spiro atoms. The van der Waals surface area contributed by atoms with Gasteiger partial charge in [0.25, 0.3) is 0 Å². The highest BCUT2D eigenvalue weighted by Crippen LogP contribution is 2.35. The Balaban J connectivity index is 2.45. The Morgan fingerprint density at radius 3 is 2.75 bits per heavy atom. The third kappa shape index (κ3) is 1.61. The number of hydrogen-bond acceptors (Lipinski definition) is 2. The average Bonchev–Trinajstić information content (AvgIpc) is 2.55. The summed E-state index contributed by atoms with van der Waals surface area (Å²) in [6, 6.07) is 5.91. The number of carbonyl (C=O) groups is 1. The Labute approximate surface area is 95.5 Å². The van der Waals surface area contributed by atoms with Crippen LogP contribution < -0.4 is 5.32 Å². The van der Waals surface area contributed by atoms with E-state index in [0.717, 1.165) is 16.8 Å². The molecular weight excluding hydrogens is 202 g/mol. The number of amides is 1. The molecule has 2 rings (SSSR count). The molecule has 1 aromatic carbocycles. The Hall–Kier alpha value is -1.35. The van der Waals surface area contributed by atoms with E-state index in [-0.39, 0.29) is 23.8 Å². The van der Waals surface area contributed by atoms with E-state index in [1.165, 1.54) is 0 Å². The van der Waals surface area contributed by atoms with Crippen molar-refractivity contribution in [2.45, 2.75) is 32.1 Å². The smallest absolute Gasteiger partial charge is 0.231 e. The van der Waals surface area contributed by atoms with Crippen molar-refractivity contribution < 1.29 is 9.90 Å². The van der Waals surface area contributed by atoms with Crippen LogP contribution in [-0.2, 0) is 10.2 Å². The van der Waals surface area contributed by atoms with E-state index in [1.54, 1.807) is 0 Å². The number of nitrogens with one attached hydrogen (secondary N) is 1. The Kier molecular flexibility index (Phi) is 2.50. The first-order chi connectivity index (χ1) is 7.45. The van der Waals surface area contributed by atoms with Crippen molar-refractivity contribution in [3.63, 3.8) is 0 Å². The summed E-state index contributed by atoms with van der Waals surface area (Å²) in [4.78, 5) is 11.5. The average molecular weight is 219 g/mol. The van der Waals surface area contributed by atoms with Crippen LogP contribution in [0.5, 0.6) is 0 Å². The summed E-state index contributed by atoms with van der Waals surface area (Å²) in [5, 5.41) is 12.2. The molecule has 0 bridgehead atoms. The number of aliphatic hydroxyl groups is 1. The molecule has 86 valence electrons. The van der Waals surface area contributed by atoms with Crippen molar-refractivity contribution in [1.29, 1.82) is 0 Å². The third-order valence-electron chi connectivity index (χ3n) is 3.35. The van der Waals surface area contributed by atoms with Crippen molar-refractivity contribution in [1.82, 2.24) is 0 Å². The summed E-state index contributed by atoms with van der Waals surface area (Å²) >= 11 is 0. The molecule has 0 saturated heterocycles. The lowest BCUT2D eigenvalue weighted by atomic mass is 9.83. The van der Waals surface area contributed by atoms with E-state index in [1.807, 2.05) is 39.0 Å². The number of rotatable bonds is 2. The van der Waals surface area contributed by atoms with Gasteiger partial charge in [-0.15, -0.1) is 0 Å². The van der Waals surface area contributed by atoms with Gasteiger partial charge in [-0.25, -0.2) is 0 Å². The van der Waals surface area contributed by atoms with Crippen molar-refractivity contribution in [3.05, 3.63) is 29.3 Å². The monoisotopic (exact) mass is 219 g/mol. The van der Waals surface area contributed by atoms with Gasteiger partial charge in [0, 0.05) is 11.1 Å². The van der Waals surface area contributed by atoms with E-state index < -0.39 is 0 Å². The van der Waals surface area contributed by atoms with E-state index in [9.17, 15) is 9.90 Å². The zero-order valence-electron chi connectivity index (χ0n) is 9.87. The maximum Gasteiger partial charge on any atom is 0.231 e. The molecule has 1 aliphatic heterocycles. The fraction of sp³-hybridized carbons (Fsp3) is 0.462. The van der Waals surface area contributed by atoms with Gasteiger partial charge in [0.05, 0.1) is 12.5 Å². The van der Waals surface area contributed by atoms with Crippen LogP contribution in [0.15, 0.2) is 18.2 Å². The van der Waals surface area contributed by atoms with Gasteiger partial charge in [0.1, 0.15) is 0 Å². The molecular formula is C13H17NO2. The molecule has 1 unspecified atom stereocenters. The predicted molar refractivity (Wildman–Crippen MR) is 63.6 cm³/mol. The van der Waals surface area contributed by atoms with Crippen LogP contribution >= 0.6 is 0 Å². The third-order valence-corrected chi connectivity index (χ3v) is 3.35. The second-order valence-corrected chi connectivity index (χ2v) is 5.05. The van der Waals surface area contributed by atoms with Gasteiger partial charge in [0.15, 0.2) is 0 Å². The molecule has 16 heavy (non-hydrogen) atoms. The normalized spacial score (nSPS) is 19.5. The van der Waals surface area contributed by atoms with Crippen molar-refractivity contribution >= 4 is 11.6 Å². The molecule has 2 N–H and O–H groups in total. The summed E-state index contributed by atoms with van der Waals surface area (Å²) < 4.78 is 0. The largest absolute Gasteiger partial charge is 0.395 e. The molecule has 0 aliphatic carbocycles. The van der Waals surface area contributed by atoms with E-state index in [0.29, 0.717) is 0 Å². The molecule has 0 radical (unpaired) electrons. The maximum atomic E-state index is 11.5. The molecule has 1 aromatic rings. The number of hydrogen-bond donors (Lipinski definition) is 2. The van der Waals surface area contributed by atoms with Gasteiger partial charge < -0.3 is 10.4 Å². The van der Waals surface area contributed by atoms with Gasteiger partial charge >= 0.3 is 0 Å². The number of benzene rings is 1. The molecule has 1 heterocycles. The number of anilines is 1. The minimum Gasteiger partial charge on any atom is -0.395 e. The van der Waals surface area contributed by atoms with Gasteiger partial charge in [0.2, 0.25) is 5.91 Å².